The lowest BCUT2D eigenvalue weighted by Crippen LogP contribution is -2.70. The molecule has 0 aliphatic rings. The van der Waals surface area contributed by atoms with Crippen LogP contribution >= 0.6 is 44.3 Å². The third-order valence-electron chi connectivity index (χ3n) is 16.0. The highest BCUT2D eigenvalue weighted by Crippen LogP contribution is 2.64. The van der Waals surface area contributed by atoms with Crippen molar-refractivity contribution in [2.75, 3.05) is 0 Å². The molecule has 0 spiro atoms. The van der Waals surface area contributed by atoms with Crippen LogP contribution in [0.4, 0.5) is 281 Å². The molecule has 0 saturated carbocycles. The van der Waals surface area contributed by atoms with E-state index >= 15 is 0 Å². The Morgan fingerprint density at radius 3 is 0.328 bits per heavy atom. The smallest absolute Gasteiger partial charge is 0.200 e. The third kappa shape index (κ3) is 37.1. The zero-order chi connectivity index (χ0) is 100.0. The Hall–Kier alpha value is -2.45. The van der Waals surface area contributed by atoms with E-state index in [1.165, 1.54) is 0 Å². The molecule has 0 nitrogen and oxygen atoms in total. The second-order valence-corrected chi connectivity index (χ2v) is 50.9. The van der Waals surface area contributed by atoms with Crippen LogP contribution in [0.15, 0.2) is 0 Å². The van der Waals surface area contributed by atoms with Crippen LogP contribution in [-0.4, -0.2) is 187 Å². The maximum Gasteiger partial charge on any atom is 0.460 e. The minimum absolute atomic E-state index is 1.22. The van der Waals surface area contributed by atoms with Crippen LogP contribution in [-0.2, 0) is 0 Å². The van der Waals surface area contributed by atoms with E-state index in [1.807, 2.05) is 0 Å². The first-order valence-corrected chi connectivity index (χ1v) is 45.4. The molecule has 72 heteroatoms. The average molecular weight is 2120 g/mol. The van der Waals surface area contributed by atoms with Gasteiger partial charge in [-0.2, -0.15) is 325 Å². The fourth-order valence-corrected chi connectivity index (χ4v) is 23.9. The molecule has 0 amide bonds. The quantitative estimate of drug-likeness (QED) is 0.0328. The summed E-state index contributed by atoms with van der Waals surface area (Å²) in [4.78, 5) is 0. The van der Waals surface area contributed by atoms with Crippen LogP contribution in [0.5, 0.6) is 0 Å². The van der Waals surface area contributed by atoms with Gasteiger partial charge in [0.15, 0.2) is 29.5 Å². The molecule has 0 aromatic carbocycles. The molecule has 0 bridgehead atoms. The van der Waals surface area contributed by atoms with Crippen molar-refractivity contribution in [1.29, 1.82) is 0 Å². The summed E-state index contributed by atoms with van der Waals surface area (Å²) in [6.07, 6.45) is -95.0. The van der Waals surface area contributed by atoms with Crippen LogP contribution < -0.4 is 0 Å². The van der Waals surface area contributed by atoms with E-state index in [0.29, 0.717) is 0 Å². The van der Waals surface area contributed by atoms with Crippen LogP contribution in [0.2, 0.25) is 72.5 Å². The molecule has 0 aromatic rings. The third-order valence-corrected chi connectivity index (χ3v) is 36.6. The molecule has 740 valence electrons. The van der Waals surface area contributed by atoms with Gasteiger partial charge in [0, 0.05) is 77.0 Å². The molecule has 0 fully saturated rings. The molecule has 0 aromatic heterocycles. The number of hydrogen-bond donors (Lipinski definition) is 0. The predicted octanol–water partition coefficient (Wildman–Crippen LogP) is 33.0. The minimum Gasteiger partial charge on any atom is -0.200 e. The predicted molar refractivity (Wildman–Crippen MR) is 301 cm³/mol. The summed E-state index contributed by atoms with van der Waals surface area (Å²) in [5.41, 5.74) is 0. The van der Waals surface area contributed by atoms with Gasteiger partial charge in [-0.1, -0.05) is 0 Å². The summed E-state index contributed by atoms with van der Waals surface area (Å²) in [5, 5.41) is 0. The largest absolute Gasteiger partial charge is 0.460 e. The van der Waals surface area contributed by atoms with Crippen molar-refractivity contribution in [2.45, 2.75) is 307 Å². The normalized spacial score (nSPS) is 15.8. The lowest BCUT2D eigenvalue weighted by molar-refractivity contribution is -0.439. The summed E-state index contributed by atoms with van der Waals surface area (Å²) in [6.45, 7) is 0. The first-order valence-electron chi connectivity index (χ1n) is 30.8. The summed E-state index contributed by atoms with van der Waals surface area (Å²) in [5.74, 6) is -100. The highest BCUT2D eigenvalue weighted by molar-refractivity contribution is 7.21. The van der Waals surface area contributed by atoms with Crippen molar-refractivity contribution in [2.24, 2.45) is 0 Å². The monoisotopic (exact) mass is 2120 g/mol. The molecule has 0 aliphatic carbocycles. The van der Waals surface area contributed by atoms with Gasteiger partial charge in [-0.3, -0.25) is 0 Å². The van der Waals surface area contributed by atoms with E-state index in [1.54, 1.807) is 0 Å². The van der Waals surface area contributed by atoms with Crippen molar-refractivity contribution < 1.29 is 281 Å². The fraction of sp³-hybridized carbons (Fsp3) is 1.00. The molecule has 0 aliphatic heterocycles. The van der Waals surface area contributed by atoms with Crippen LogP contribution in [0.3, 0.4) is 0 Å². The molecular weight excluding hydrogens is 2070 g/mol. The molecule has 0 atom stereocenters. The van der Waals surface area contributed by atoms with E-state index in [2.05, 4.69) is 0 Å². The average Bonchev–Trinajstić information content (AvgIpc) is 0.709. The Kier molecular flexibility index (Phi) is 41.6. The van der Waals surface area contributed by atoms with E-state index in [9.17, 15) is 281 Å². The highest BCUT2D eigenvalue weighted by Gasteiger charge is 2.91. The molecule has 0 unspecified atom stereocenters. The van der Waals surface area contributed by atoms with Gasteiger partial charge in [0.1, 0.15) is 0 Å². The maximum atomic E-state index is 13.8. The fourth-order valence-electron chi connectivity index (χ4n) is 8.60. The first-order chi connectivity index (χ1) is 52.0. The molecule has 122 heavy (non-hydrogen) atoms. The summed E-state index contributed by atoms with van der Waals surface area (Å²) >= 11 is 22.2. The van der Waals surface area contributed by atoms with Crippen molar-refractivity contribution >= 4 is 73.9 Å². The number of alkyl halides is 64. The van der Waals surface area contributed by atoms with Crippen molar-refractivity contribution in [1.82, 2.24) is 0 Å². The summed E-state index contributed by atoms with van der Waals surface area (Å²) in [6, 6.07) is -18.2. The molecule has 0 radical (unpaired) electrons. The molecule has 0 saturated heterocycles. The molecule has 0 rings (SSSR count). The maximum absolute atomic E-state index is 13.8. The van der Waals surface area contributed by atoms with Gasteiger partial charge in [0.05, 0.1) is 0 Å². The summed E-state index contributed by atoms with van der Waals surface area (Å²) < 4.78 is 810. The van der Waals surface area contributed by atoms with Crippen LogP contribution in [0.1, 0.15) is 77.0 Å². The van der Waals surface area contributed by atoms with Crippen molar-refractivity contribution in [3.05, 3.63) is 0 Å². The Bertz CT molecular complexity index is 3040. The minimum atomic E-state index is -8.17. The van der Waals surface area contributed by atoms with Crippen LogP contribution in [0.25, 0.3) is 0 Å². The van der Waals surface area contributed by atoms with Crippen LogP contribution in [0, 0.1) is 0 Å². The van der Waals surface area contributed by atoms with E-state index in [-0.39, 0.29) is 0 Å². The second kappa shape index (κ2) is 40.3. The molecule has 0 N–H and O–H groups in total. The SMILES string of the molecule is FC(F)(F)CC[Si](Cl)(CCC(F)(F)F)CCC(F)(F)C(F)(F)C(F)(F)C(F)(F)C(F)(F)C(F)(F)F.FC(F)(F)CC[Si](Cl)(CCC(F)(F)F)CCC(F)(F)C(F)(F)C(F)(F)C(F)(F)C(F)(F)F.FC(F)(F)CC[Si](Cl)(CCC(F)(F)F)CCC(F)(F)C(F)(F)C(F)(F)C(F)(F)F.FC(F)(F)CC[Si](Cl)(CCC(F)(F)F)CCC(F)(F)C(F)(F)C(F)(F)F. The Labute approximate surface area is 660 Å². The van der Waals surface area contributed by atoms with E-state index < -0.39 is 336 Å². The van der Waals surface area contributed by atoms with Gasteiger partial charge >= 0.3 is 157 Å². The van der Waals surface area contributed by atoms with Gasteiger partial charge in [-0.15, -0.1) is 0 Å². The van der Waals surface area contributed by atoms with Gasteiger partial charge in [-0.25, -0.2) is 0 Å². The Morgan fingerprint density at radius 1 is 0.115 bits per heavy atom. The topological polar surface area (TPSA) is 0 Å². The lowest BCUT2D eigenvalue weighted by atomic mass is 9.93. The number of rotatable bonds is 38. The van der Waals surface area contributed by atoms with Gasteiger partial charge in [0.2, 0.25) is 0 Å². The van der Waals surface area contributed by atoms with Crippen molar-refractivity contribution in [3.8, 4) is 0 Å². The zero-order valence-corrected chi connectivity index (χ0v) is 64.7. The molecule has 0 heterocycles. The molecular formula is C50H48Cl4F64Si4. The number of hydrogen-bond acceptors (Lipinski definition) is 0. The zero-order valence-electron chi connectivity index (χ0n) is 57.7. The number of halogens is 68. The van der Waals surface area contributed by atoms with E-state index in [0.717, 1.165) is 0 Å². The van der Waals surface area contributed by atoms with Gasteiger partial charge in [0.25, 0.3) is 0 Å². The second-order valence-electron chi connectivity index (χ2n) is 26.1. The van der Waals surface area contributed by atoms with Gasteiger partial charge < -0.3 is 0 Å². The first kappa shape index (κ1) is 126. The summed E-state index contributed by atoms with van der Waals surface area (Å²) in [7, 11) is -18.5. The van der Waals surface area contributed by atoms with Gasteiger partial charge in [-0.05, 0) is 72.5 Å². The van der Waals surface area contributed by atoms with Crippen molar-refractivity contribution in [3.63, 3.8) is 0 Å². The lowest BCUT2D eigenvalue weighted by Gasteiger charge is -2.40. The van der Waals surface area contributed by atoms with E-state index in [4.69, 9.17) is 44.3 Å². The standard InChI is InChI=1S/C14H12ClF19Si.C13H12ClF17Si.C12H12ClF15Si.C11H12ClF13Si/c15-35(5-2-8(18,19)20,6-3-9(21,22)23)4-1-7(16,17)10(24,25)11(26,27)12(28,29)13(30,31)14(32,33)34;14-32(5-2-8(17,18)19,6-3-9(20,21)22)4-1-7(15,16)10(23,24)11(25,26)12(27,28)13(29,30)31;13-29(5-2-8(16,17)18,6-3-9(19,20)21)4-1-7(14,15)10(22,23)11(24,25)12(26,27)28;12-26(5-2-8(15,16)17,6-3-9(18,19)20)4-1-7(13,14)10(21,22)11(23,24)25/h1-6H2;1-6H2;1-6H2;1-6H2. The Balaban J connectivity index is -0.000000765. The highest BCUT2D eigenvalue weighted by atomic mass is 35.6. The Morgan fingerprint density at radius 2 is 0.205 bits per heavy atom.